The molecule has 0 spiro atoms. The number of benzene rings is 3. The van der Waals surface area contributed by atoms with E-state index in [-0.39, 0.29) is 12.2 Å². The fourth-order valence-corrected chi connectivity index (χ4v) is 3.25. The second-order valence-corrected chi connectivity index (χ2v) is 8.17. The van der Waals surface area contributed by atoms with Crippen molar-refractivity contribution in [1.29, 1.82) is 0 Å². The first kappa shape index (κ1) is 25.4. The molecule has 0 atom stereocenters. The summed E-state index contributed by atoms with van der Waals surface area (Å²) in [7, 11) is 1.55. The number of hydrogen-bond donors (Lipinski definition) is 1. The number of rotatable bonds is 5. The first-order chi connectivity index (χ1) is 16.5. The van der Waals surface area contributed by atoms with Crippen molar-refractivity contribution >= 4 is 17.6 Å². The first-order valence-electron chi connectivity index (χ1n) is 11.2. The molecule has 5 nitrogen and oxygen atoms in total. The van der Waals surface area contributed by atoms with Gasteiger partial charge in [-0.1, -0.05) is 55.1 Å². The predicted octanol–water partition coefficient (Wildman–Crippen LogP) is 6.80. The van der Waals surface area contributed by atoms with Crippen LogP contribution in [-0.2, 0) is 11.2 Å². The Hall–Kier alpha value is -3.25. The third kappa shape index (κ3) is 7.96. The molecule has 5 rings (SSSR count). The molecule has 0 amide bonds. The molecule has 34 heavy (non-hydrogen) atoms. The minimum atomic E-state index is -0.787. The summed E-state index contributed by atoms with van der Waals surface area (Å²) in [5, 5.41) is 9.08. The van der Waals surface area contributed by atoms with Gasteiger partial charge in [0, 0.05) is 22.6 Å². The van der Waals surface area contributed by atoms with Gasteiger partial charge in [0.15, 0.2) is 11.5 Å². The van der Waals surface area contributed by atoms with Gasteiger partial charge in [0.25, 0.3) is 0 Å². The number of carbonyl (C=O) groups is 1. The van der Waals surface area contributed by atoms with Crippen molar-refractivity contribution in [2.45, 2.75) is 32.1 Å². The number of carboxylic acids is 1. The smallest absolute Gasteiger partial charge is 0.303 e. The summed E-state index contributed by atoms with van der Waals surface area (Å²) in [5.74, 6) is 0.958. The Labute approximate surface area is 204 Å². The summed E-state index contributed by atoms with van der Waals surface area (Å²) in [6.45, 7) is 1.12. The first-order valence-corrected chi connectivity index (χ1v) is 11.5. The molecule has 1 aliphatic heterocycles. The van der Waals surface area contributed by atoms with Crippen LogP contribution in [0.5, 0.6) is 17.2 Å². The monoisotopic (exact) mass is 486 g/mol. The van der Waals surface area contributed by atoms with Gasteiger partial charge in [-0.15, -0.1) is 0 Å². The van der Waals surface area contributed by atoms with Crippen LogP contribution >= 0.6 is 11.6 Å². The van der Waals surface area contributed by atoms with Gasteiger partial charge in [-0.3, -0.25) is 4.79 Å². The van der Waals surface area contributed by atoms with Crippen LogP contribution in [0.2, 0.25) is 5.02 Å². The molecule has 0 aromatic heterocycles. The van der Waals surface area contributed by atoms with Gasteiger partial charge < -0.3 is 19.3 Å². The maximum atomic E-state index is 13.7. The van der Waals surface area contributed by atoms with E-state index in [0.717, 1.165) is 11.3 Å². The second kappa shape index (κ2) is 12.8. The predicted molar refractivity (Wildman–Crippen MR) is 131 cm³/mol. The van der Waals surface area contributed by atoms with Crippen LogP contribution in [-0.4, -0.2) is 31.4 Å². The highest BCUT2D eigenvalue weighted by molar-refractivity contribution is 6.33. The van der Waals surface area contributed by atoms with Crippen LogP contribution < -0.4 is 14.2 Å². The van der Waals surface area contributed by atoms with Crippen molar-refractivity contribution in [1.82, 2.24) is 0 Å². The average Bonchev–Trinajstić information content (AvgIpc) is 3.74. The van der Waals surface area contributed by atoms with Crippen molar-refractivity contribution in [2.24, 2.45) is 0 Å². The van der Waals surface area contributed by atoms with Crippen LogP contribution in [0, 0.1) is 5.82 Å². The summed E-state index contributed by atoms with van der Waals surface area (Å²) in [4.78, 5) is 10.4. The molecule has 1 N–H and O–H groups in total. The lowest BCUT2D eigenvalue weighted by atomic mass is 10.0. The standard InChI is InChI=1S/C13H10ClFO.C11H12O4.C3H6/c1-16-9-6-7-13(15)11(8-9)10-4-2-3-5-12(10)14;12-11(13)4-2-8-1-3-9-10(7-8)15-6-5-14-9;1-2-3-1/h2-8H,1H3;1,3,7H,2,4-6H2,(H,12,13);1-3H2. The third-order valence-corrected chi connectivity index (χ3v) is 5.25. The Kier molecular flexibility index (Phi) is 9.59. The summed E-state index contributed by atoms with van der Waals surface area (Å²) < 4.78 is 29.5. The molecule has 1 aliphatic carbocycles. The quantitative estimate of drug-likeness (QED) is 0.429. The molecule has 0 saturated heterocycles. The fraction of sp³-hybridized carbons (Fsp3) is 0.296. The van der Waals surface area contributed by atoms with Crippen LogP contribution in [0.15, 0.2) is 60.7 Å². The third-order valence-electron chi connectivity index (χ3n) is 4.93. The minimum absolute atomic E-state index is 0.139. The summed E-state index contributed by atoms with van der Waals surface area (Å²) in [5.41, 5.74) is 2.08. The minimum Gasteiger partial charge on any atom is -0.497 e. The number of methoxy groups -OCH3 is 1. The van der Waals surface area contributed by atoms with E-state index in [1.54, 1.807) is 31.4 Å². The van der Waals surface area contributed by atoms with Crippen LogP contribution in [0.3, 0.4) is 0 Å². The van der Waals surface area contributed by atoms with Crippen molar-refractivity contribution < 1.29 is 28.5 Å². The Morgan fingerprint density at radius 1 is 0.971 bits per heavy atom. The highest BCUT2D eigenvalue weighted by atomic mass is 35.5. The molecular weight excluding hydrogens is 459 g/mol. The zero-order valence-corrected chi connectivity index (χ0v) is 19.8. The van der Waals surface area contributed by atoms with Gasteiger partial charge in [0.1, 0.15) is 24.8 Å². The summed E-state index contributed by atoms with van der Waals surface area (Å²) in [6, 6.07) is 17.3. The molecule has 1 fully saturated rings. The highest BCUT2D eigenvalue weighted by Gasteiger charge is 2.12. The Bertz CT molecular complexity index is 1100. The van der Waals surface area contributed by atoms with Gasteiger partial charge in [0.05, 0.1) is 7.11 Å². The SMILES string of the molecule is C1CC1.COc1ccc(F)c(-c2ccccc2Cl)c1.O=C(O)CCc1ccc2c(c1)OCCO2. The lowest BCUT2D eigenvalue weighted by molar-refractivity contribution is -0.136. The molecule has 180 valence electrons. The van der Waals surface area contributed by atoms with Gasteiger partial charge in [-0.25, -0.2) is 4.39 Å². The van der Waals surface area contributed by atoms with E-state index < -0.39 is 5.97 Å². The maximum Gasteiger partial charge on any atom is 0.303 e. The lowest BCUT2D eigenvalue weighted by Gasteiger charge is -2.18. The number of halogens is 2. The summed E-state index contributed by atoms with van der Waals surface area (Å²) in [6.07, 6.45) is 5.16. The van der Waals surface area contributed by atoms with Crippen LogP contribution in [0.1, 0.15) is 31.2 Å². The van der Waals surface area contributed by atoms with Gasteiger partial charge in [0.2, 0.25) is 0 Å². The van der Waals surface area contributed by atoms with Crippen molar-refractivity contribution in [3.63, 3.8) is 0 Å². The molecule has 0 bridgehead atoms. The molecule has 3 aromatic rings. The maximum absolute atomic E-state index is 13.7. The normalized spacial score (nSPS) is 12.9. The van der Waals surface area contributed by atoms with Crippen molar-refractivity contribution in [2.75, 3.05) is 20.3 Å². The number of hydrogen-bond acceptors (Lipinski definition) is 4. The van der Waals surface area contributed by atoms with Gasteiger partial charge in [-0.2, -0.15) is 0 Å². The number of carboxylic acid groups (broad SMARTS) is 1. The number of aryl methyl sites for hydroxylation is 1. The molecule has 0 unspecified atom stereocenters. The molecule has 1 heterocycles. The zero-order chi connectivity index (χ0) is 24.3. The Balaban J connectivity index is 0.000000169. The van der Waals surface area contributed by atoms with E-state index in [9.17, 15) is 9.18 Å². The highest BCUT2D eigenvalue weighted by Crippen LogP contribution is 2.32. The average molecular weight is 487 g/mol. The fourth-order valence-electron chi connectivity index (χ4n) is 3.01. The molecule has 2 aliphatic rings. The second-order valence-electron chi connectivity index (χ2n) is 7.76. The lowest BCUT2D eigenvalue weighted by Crippen LogP contribution is -2.15. The Morgan fingerprint density at radius 3 is 2.32 bits per heavy atom. The van der Waals surface area contributed by atoms with Crippen LogP contribution in [0.4, 0.5) is 4.39 Å². The molecule has 3 aromatic carbocycles. The number of aliphatic carboxylic acids is 1. The van der Waals surface area contributed by atoms with Crippen molar-refractivity contribution in [3.8, 4) is 28.4 Å². The molecular formula is C27H28ClFO5. The van der Waals surface area contributed by atoms with Crippen LogP contribution in [0.25, 0.3) is 11.1 Å². The summed E-state index contributed by atoms with van der Waals surface area (Å²) >= 11 is 6.02. The molecule has 0 radical (unpaired) electrons. The van der Waals surface area contributed by atoms with Crippen molar-refractivity contribution in [3.05, 3.63) is 77.1 Å². The van der Waals surface area contributed by atoms with E-state index >= 15 is 0 Å². The number of ether oxygens (including phenoxy) is 3. The topological polar surface area (TPSA) is 65.0 Å². The van der Waals surface area contributed by atoms with E-state index in [1.165, 1.54) is 25.3 Å². The molecule has 7 heteroatoms. The Morgan fingerprint density at radius 2 is 1.68 bits per heavy atom. The van der Waals surface area contributed by atoms with E-state index in [0.29, 0.717) is 47.3 Å². The van der Waals surface area contributed by atoms with E-state index in [1.807, 2.05) is 30.3 Å². The van der Waals surface area contributed by atoms with E-state index in [2.05, 4.69) is 0 Å². The number of fused-ring (bicyclic) bond motifs is 1. The largest absolute Gasteiger partial charge is 0.497 e. The van der Waals surface area contributed by atoms with E-state index in [4.69, 9.17) is 30.9 Å². The zero-order valence-electron chi connectivity index (χ0n) is 19.1. The van der Waals surface area contributed by atoms with Gasteiger partial charge >= 0.3 is 5.97 Å². The van der Waals surface area contributed by atoms with Gasteiger partial charge in [-0.05, 0) is 48.4 Å². The molecule has 1 saturated carbocycles.